The second-order valence-electron chi connectivity index (χ2n) is 6.76. The van der Waals surface area contributed by atoms with Crippen molar-refractivity contribution in [3.05, 3.63) is 30.1 Å². The van der Waals surface area contributed by atoms with E-state index in [1.54, 1.807) is 25.1 Å². The fourth-order valence-electron chi connectivity index (χ4n) is 2.57. The summed E-state index contributed by atoms with van der Waals surface area (Å²) in [7, 11) is 0. The van der Waals surface area contributed by atoms with E-state index in [9.17, 15) is 14.0 Å². The summed E-state index contributed by atoms with van der Waals surface area (Å²) in [4.78, 5) is 24.0. The van der Waals surface area contributed by atoms with E-state index in [0.29, 0.717) is 16.5 Å². The van der Waals surface area contributed by atoms with Crippen LogP contribution in [0.1, 0.15) is 39.7 Å². The van der Waals surface area contributed by atoms with Crippen molar-refractivity contribution in [3.8, 4) is 11.4 Å². The van der Waals surface area contributed by atoms with Gasteiger partial charge in [0.2, 0.25) is 5.91 Å². The van der Waals surface area contributed by atoms with E-state index in [1.165, 1.54) is 17.8 Å². The summed E-state index contributed by atoms with van der Waals surface area (Å²) < 4.78 is 16.1. The third-order valence-electron chi connectivity index (χ3n) is 4.00. The Morgan fingerprint density at radius 2 is 1.93 bits per heavy atom. The number of amides is 3. The number of aromatic nitrogens is 3. The van der Waals surface area contributed by atoms with Gasteiger partial charge < -0.3 is 5.32 Å². The monoisotopic (exact) mass is 391 g/mol. The normalized spacial score (nSPS) is 14.9. The molecule has 1 aromatic carbocycles. The van der Waals surface area contributed by atoms with Crippen LogP contribution in [0, 0.1) is 5.82 Å². The molecule has 1 aromatic heterocycles. The Morgan fingerprint density at radius 1 is 1.22 bits per heavy atom. The second-order valence-corrected chi connectivity index (χ2v) is 8.07. The summed E-state index contributed by atoms with van der Waals surface area (Å²) >= 11 is 1.20. The topological polar surface area (TPSA) is 88.9 Å². The Morgan fingerprint density at radius 3 is 2.56 bits per heavy atom. The van der Waals surface area contributed by atoms with Crippen LogP contribution in [0.15, 0.2) is 29.4 Å². The minimum Gasteiger partial charge on any atom is -0.336 e. The number of hydrogen-bond donors (Lipinski definition) is 2. The van der Waals surface area contributed by atoms with Crippen LogP contribution in [0.2, 0.25) is 0 Å². The first-order valence-electron chi connectivity index (χ1n) is 8.84. The molecule has 0 aliphatic heterocycles. The third-order valence-corrected chi connectivity index (χ3v) is 5.06. The van der Waals surface area contributed by atoms with Gasteiger partial charge in [-0.2, -0.15) is 0 Å². The van der Waals surface area contributed by atoms with Crippen LogP contribution in [-0.2, 0) is 4.79 Å². The highest BCUT2D eigenvalue weighted by Gasteiger charge is 2.32. The fourth-order valence-corrected chi connectivity index (χ4v) is 3.49. The Hall–Kier alpha value is -2.42. The molecule has 3 rings (SSSR count). The number of halogens is 1. The zero-order valence-corrected chi connectivity index (χ0v) is 16.2. The number of hydrogen-bond acceptors (Lipinski definition) is 5. The maximum absolute atomic E-state index is 14.2. The van der Waals surface area contributed by atoms with Gasteiger partial charge in [-0.1, -0.05) is 23.9 Å². The zero-order valence-electron chi connectivity index (χ0n) is 15.4. The predicted molar refractivity (Wildman–Crippen MR) is 101 cm³/mol. The number of benzene rings is 1. The highest BCUT2D eigenvalue weighted by molar-refractivity contribution is 8.00. The summed E-state index contributed by atoms with van der Waals surface area (Å²) in [5.74, 6) is -0.321. The average molecular weight is 391 g/mol. The van der Waals surface area contributed by atoms with Gasteiger partial charge in [0, 0.05) is 12.1 Å². The van der Waals surface area contributed by atoms with E-state index in [4.69, 9.17) is 0 Å². The molecule has 1 atom stereocenters. The molecule has 27 heavy (non-hydrogen) atoms. The number of urea groups is 1. The van der Waals surface area contributed by atoms with Crippen molar-refractivity contribution in [2.24, 2.45) is 0 Å². The summed E-state index contributed by atoms with van der Waals surface area (Å²) in [6.45, 7) is 5.31. The maximum atomic E-state index is 14.2. The van der Waals surface area contributed by atoms with Gasteiger partial charge in [-0.05, 0) is 45.7 Å². The molecule has 2 aromatic rings. The minimum absolute atomic E-state index is 0.0675. The fraction of sp³-hybridized carbons (Fsp3) is 0.444. The highest BCUT2D eigenvalue weighted by atomic mass is 32.2. The summed E-state index contributed by atoms with van der Waals surface area (Å²) in [6, 6.07) is 6.04. The molecule has 7 nitrogen and oxygen atoms in total. The smallest absolute Gasteiger partial charge is 0.321 e. The first-order valence-corrected chi connectivity index (χ1v) is 9.72. The third kappa shape index (κ3) is 4.65. The van der Waals surface area contributed by atoms with Crippen molar-refractivity contribution < 1.29 is 14.0 Å². The Bertz CT molecular complexity index is 850. The predicted octanol–water partition coefficient (Wildman–Crippen LogP) is 3.13. The van der Waals surface area contributed by atoms with Crippen molar-refractivity contribution in [2.45, 2.75) is 56.1 Å². The van der Waals surface area contributed by atoms with E-state index in [-0.39, 0.29) is 17.9 Å². The molecule has 9 heteroatoms. The van der Waals surface area contributed by atoms with Crippen LogP contribution >= 0.6 is 11.8 Å². The van der Waals surface area contributed by atoms with Crippen LogP contribution in [0.3, 0.4) is 0 Å². The number of carbonyl (C=O) groups is 2. The maximum Gasteiger partial charge on any atom is 0.321 e. The van der Waals surface area contributed by atoms with Gasteiger partial charge in [-0.3, -0.25) is 14.7 Å². The average Bonchev–Trinajstić information content (AvgIpc) is 3.35. The summed E-state index contributed by atoms with van der Waals surface area (Å²) in [6.07, 6.45) is 1.93. The lowest BCUT2D eigenvalue weighted by Gasteiger charge is -2.14. The van der Waals surface area contributed by atoms with Gasteiger partial charge in [0.15, 0.2) is 11.0 Å². The molecular weight excluding hydrogens is 369 g/mol. The van der Waals surface area contributed by atoms with E-state index < -0.39 is 17.2 Å². The first-order chi connectivity index (χ1) is 12.9. The van der Waals surface area contributed by atoms with Gasteiger partial charge >= 0.3 is 6.03 Å². The van der Waals surface area contributed by atoms with E-state index in [1.807, 2.05) is 18.4 Å². The molecule has 1 heterocycles. The van der Waals surface area contributed by atoms with Gasteiger partial charge in [0.05, 0.1) is 10.8 Å². The van der Waals surface area contributed by atoms with E-state index in [0.717, 1.165) is 12.8 Å². The van der Waals surface area contributed by atoms with E-state index >= 15 is 0 Å². The molecule has 1 aliphatic rings. The Labute approximate surface area is 161 Å². The number of nitrogens with one attached hydrogen (secondary N) is 2. The molecule has 144 valence electrons. The van der Waals surface area contributed by atoms with Gasteiger partial charge in [0.1, 0.15) is 5.82 Å². The minimum atomic E-state index is -0.557. The van der Waals surface area contributed by atoms with Crippen molar-refractivity contribution in [3.63, 3.8) is 0 Å². The SMILES string of the molecule is CC(C)NC(=O)NC(=O)[C@@H](C)Sc1nnc(-c2ccccc2F)n1C1CC1. The zero-order chi connectivity index (χ0) is 19.6. The van der Waals surface area contributed by atoms with Crippen LogP contribution in [0.5, 0.6) is 0 Å². The van der Waals surface area contributed by atoms with Crippen LogP contribution < -0.4 is 10.6 Å². The lowest BCUT2D eigenvalue weighted by Crippen LogP contribution is -2.45. The molecule has 0 radical (unpaired) electrons. The van der Waals surface area contributed by atoms with Crippen LogP contribution in [0.25, 0.3) is 11.4 Å². The van der Waals surface area contributed by atoms with E-state index in [2.05, 4.69) is 20.8 Å². The second kappa shape index (κ2) is 8.08. The van der Waals surface area contributed by atoms with Gasteiger partial charge in [-0.15, -0.1) is 10.2 Å². The molecule has 1 saturated carbocycles. The van der Waals surface area contributed by atoms with Gasteiger partial charge in [0.25, 0.3) is 0 Å². The number of thioether (sulfide) groups is 1. The molecule has 2 N–H and O–H groups in total. The lowest BCUT2D eigenvalue weighted by atomic mass is 10.2. The van der Waals surface area contributed by atoms with Crippen LogP contribution in [0.4, 0.5) is 9.18 Å². The number of nitrogens with zero attached hydrogens (tertiary/aromatic N) is 3. The molecule has 0 saturated heterocycles. The van der Waals surface area contributed by atoms with Gasteiger partial charge in [-0.25, -0.2) is 9.18 Å². The van der Waals surface area contributed by atoms with Crippen molar-refractivity contribution in [1.29, 1.82) is 0 Å². The molecule has 3 amide bonds. The Kier molecular flexibility index (Phi) is 5.79. The summed E-state index contributed by atoms with van der Waals surface area (Å²) in [5.41, 5.74) is 0.386. The molecule has 0 spiro atoms. The number of rotatable bonds is 6. The van der Waals surface area contributed by atoms with Crippen molar-refractivity contribution in [2.75, 3.05) is 0 Å². The highest BCUT2D eigenvalue weighted by Crippen LogP contribution is 2.42. The molecular formula is C18H22FN5O2S. The molecule has 0 bridgehead atoms. The van der Waals surface area contributed by atoms with Crippen LogP contribution in [-0.4, -0.2) is 38.0 Å². The molecule has 1 aliphatic carbocycles. The summed E-state index contributed by atoms with van der Waals surface area (Å²) in [5, 5.41) is 13.2. The first kappa shape index (κ1) is 19.3. The quantitative estimate of drug-likeness (QED) is 0.739. The number of imide groups is 1. The Balaban J connectivity index is 1.77. The number of carbonyl (C=O) groups excluding carboxylic acids is 2. The molecule has 0 unspecified atom stereocenters. The lowest BCUT2D eigenvalue weighted by molar-refractivity contribution is -0.119. The van der Waals surface area contributed by atoms with Crippen molar-refractivity contribution >= 4 is 23.7 Å². The standard InChI is InChI=1S/C18H22FN5O2S/c1-10(2)20-17(26)21-16(25)11(3)27-18-23-22-15(24(18)12-8-9-12)13-6-4-5-7-14(13)19/h4-7,10-12H,8-9H2,1-3H3,(H2,20,21,25,26)/t11-/m1/s1. The molecule has 1 fully saturated rings. The largest absolute Gasteiger partial charge is 0.336 e. The van der Waals surface area contributed by atoms with Crippen molar-refractivity contribution in [1.82, 2.24) is 25.4 Å².